The van der Waals surface area contributed by atoms with Crippen LogP contribution in [0.4, 0.5) is 8.78 Å². The van der Waals surface area contributed by atoms with Crippen molar-refractivity contribution in [2.75, 3.05) is 6.54 Å². The van der Waals surface area contributed by atoms with Crippen molar-refractivity contribution in [3.05, 3.63) is 59.9 Å². The number of aryl methyl sites for hydroxylation is 1. The van der Waals surface area contributed by atoms with E-state index in [4.69, 9.17) is 5.73 Å². The molecule has 0 radical (unpaired) electrons. The summed E-state index contributed by atoms with van der Waals surface area (Å²) in [5.41, 5.74) is 8.69. The van der Waals surface area contributed by atoms with Gasteiger partial charge in [0.15, 0.2) is 0 Å². The van der Waals surface area contributed by atoms with Gasteiger partial charge < -0.3 is 10.1 Å². The first-order valence-electron chi connectivity index (χ1n) is 6.81. The van der Waals surface area contributed by atoms with Crippen LogP contribution < -0.4 is 5.73 Å². The smallest absolute Gasteiger partial charge is 0.139 e. The van der Waals surface area contributed by atoms with Gasteiger partial charge in [0.1, 0.15) is 17.3 Å². The molecule has 0 amide bonds. The number of nitrogens with zero attached hydrogens (tertiary/aromatic N) is 2. The highest BCUT2D eigenvalue weighted by atomic mass is 19.1. The summed E-state index contributed by atoms with van der Waals surface area (Å²) in [6, 6.07) is 9.16. The second-order valence-electron chi connectivity index (χ2n) is 4.88. The molecule has 5 heteroatoms. The van der Waals surface area contributed by atoms with Gasteiger partial charge in [-0.3, -0.25) is 0 Å². The third-order valence-corrected chi connectivity index (χ3v) is 3.42. The summed E-state index contributed by atoms with van der Waals surface area (Å²) >= 11 is 0. The lowest BCUT2D eigenvalue weighted by atomic mass is 10.1. The number of hydrogen-bond acceptors (Lipinski definition) is 2. The van der Waals surface area contributed by atoms with Crippen LogP contribution in [0.5, 0.6) is 0 Å². The molecule has 0 saturated carbocycles. The molecule has 21 heavy (non-hydrogen) atoms. The Balaban J connectivity index is 2.18. The number of halogens is 2. The number of benzene rings is 1. The molecule has 3 nitrogen and oxygen atoms in total. The Kier molecular flexibility index (Phi) is 3.66. The average molecular weight is 287 g/mol. The van der Waals surface area contributed by atoms with E-state index in [1.165, 1.54) is 24.4 Å². The number of rotatable bonds is 4. The van der Waals surface area contributed by atoms with Crippen LogP contribution in [0.3, 0.4) is 0 Å². The summed E-state index contributed by atoms with van der Waals surface area (Å²) in [4.78, 5) is 4.54. The zero-order valence-corrected chi connectivity index (χ0v) is 11.4. The van der Waals surface area contributed by atoms with Gasteiger partial charge in [-0.15, -0.1) is 0 Å². The van der Waals surface area contributed by atoms with E-state index in [2.05, 4.69) is 4.98 Å². The van der Waals surface area contributed by atoms with Crippen LogP contribution in [0.25, 0.3) is 16.9 Å². The lowest BCUT2D eigenvalue weighted by Gasteiger charge is -2.05. The molecule has 0 fully saturated rings. The predicted molar refractivity (Wildman–Crippen MR) is 77.9 cm³/mol. The average Bonchev–Trinajstić information content (AvgIpc) is 2.83. The van der Waals surface area contributed by atoms with Crippen LogP contribution in [0.2, 0.25) is 0 Å². The first-order chi connectivity index (χ1) is 10.2. The molecule has 2 N–H and O–H groups in total. The highest BCUT2D eigenvalue weighted by Crippen LogP contribution is 2.26. The van der Waals surface area contributed by atoms with Crippen molar-refractivity contribution in [3.63, 3.8) is 0 Å². The molecule has 0 aliphatic carbocycles. The van der Waals surface area contributed by atoms with Crippen LogP contribution >= 0.6 is 0 Å². The van der Waals surface area contributed by atoms with Crippen LogP contribution in [-0.2, 0) is 6.42 Å². The van der Waals surface area contributed by atoms with E-state index < -0.39 is 0 Å². The number of imidazole rings is 1. The van der Waals surface area contributed by atoms with Gasteiger partial charge in [-0.2, -0.15) is 0 Å². The molecule has 0 unspecified atom stereocenters. The summed E-state index contributed by atoms with van der Waals surface area (Å²) in [5.74, 6) is -0.614. The fraction of sp³-hybridized carbons (Fsp3) is 0.188. The Bertz CT molecular complexity index is 763. The Morgan fingerprint density at radius 2 is 1.71 bits per heavy atom. The maximum absolute atomic E-state index is 13.5. The minimum Gasteiger partial charge on any atom is -0.330 e. The van der Waals surface area contributed by atoms with Gasteiger partial charge in [0.25, 0.3) is 0 Å². The third kappa shape index (κ3) is 2.64. The van der Waals surface area contributed by atoms with Crippen LogP contribution in [0.1, 0.15) is 12.1 Å². The largest absolute Gasteiger partial charge is 0.330 e. The minimum absolute atomic E-state index is 0.294. The van der Waals surface area contributed by atoms with Crippen molar-refractivity contribution in [1.29, 1.82) is 0 Å². The van der Waals surface area contributed by atoms with Crippen molar-refractivity contribution in [1.82, 2.24) is 9.38 Å². The van der Waals surface area contributed by atoms with E-state index in [0.717, 1.165) is 23.4 Å². The molecule has 0 aliphatic heterocycles. The number of pyridine rings is 1. The van der Waals surface area contributed by atoms with Crippen LogP contribution in [0, 0.1) is 11.6 Å². The normalized spacial score (nSPS) is 11.2. The first-order valence-corrected chi connectivity index (χ1v) is 6.81. The number of fused-ring (bicyclic) bond motifs is 1. The minimum atomic E-state index is -0.320. The van der Waals surface area contributed by atoms with Gasteiger partial charge in [0.2, 0.25) is 0 Å². The van der Waals surface area contributed by atoms with Crippen molar-refractivity contribution in [2.24, 2.45) is 5.73 Å². The van der Waals surface area contributed by atoms with Gasteiger partial charge in [0, 0.05) is 11.8 Å². The van der Waals surface area contributed by atoms with E-state index in [1.807, 2.05) is 0 Å². The molecular formula is C16H15F2N3. The maximum atomic E-state index is 13.5. The molecule has 3 rings (SSSR count). The van der Waals surface area contributed by atoms with E-state index in [0.29, 0.717) is 18.6 Å². The summed E-state index contributed by atoms with van der Waals surface area (Å²) in [6.45, 7) is 0.547. The Morgan fingerprint density at radius 3 is 2.43 bits per heavy atom. The van der Waals surface area contributed by atoms with E-state index in [9.17, 15) is 8.78 Å². The molecule has 0 aliphatic rings. The summed E-state index contributed by atoms with van der Waals surface area (Å²) in [7, 11) is 0. The van der Waals surface area contributed by atoms with Crippen molar-refractivity contribution in [2.45, 2.75) is 12.8 Å². The second-order valence-corrected chi connectivity index (χ2v) is 4.88. The lowest BCUT2D eigenvalue weighted by Crippen LogP contribution is -2.03. The molecule has 0 atom stereocenters. The van der Waals surface area contributed by atoms with Crippen LogP contribution in [-0.4, -0.2) is 15.9 Å². The number of nitrogens with two attached hydrogens (primary N) is 1. The monoisotopic (exact) mass is 287 g/mol. The highest BCUT2D eigenvalue weighted by molar-refractivity contribution is 5.66. The van der Waals surface area contributed by atoms with E-state index in [1.54, 1.807) is 22.6 Å². The molecule has 0 spiro atoms. The number of hydrogen-bond donors (Lipinski definition) is 1. The maximum Gasteiger partial charge on any atom is 0.139 e. The molecular weight excluding hydrogens is 272 g/mol. The third-order valence-electron chi connectivity index (χ3n) is 3.42. The Morgan fingerprint density at radius 1 is 1.00 bits per heavy atom. The zero-order valence-electron chi connectivity index (χ0n) is 11.4. The summed E-state index contributed by atoms with van der Waals surface area (Å²) in [5, 5.41) is 0. The molecule has 2 heterocycles. The van der Waals surface area contributed by atoms with E-state index in [-0.39, 0.29) is 11.6 Å². The summed E-state index contributed by atoms with van der Waals surface area (Å²) < 4.78 is 28.3. The van der Waals surface area contributed by atoms with Gasteiger partial charge >= 0.3 is 0 Å². The van der Waals surface area contributed by atoms with Gasteiger partial charge in [0.05, 0.1) is 11.4 Å². The molecule has 3 aromatic rings. The topological polar surface area (TPSA) is 43.3 Å². The van der Waals surface area contributed by atoms with Crippen molar-refractivity contribution in [3.8, 4) is 11.3 Å². The van der Waals surface area contributed by atoms with Crippen LogP contribution in [0.15, 0.2) is 42.6 Å². The summed E-state index contributed by atoms with van der Waals surface area (Å²) in [6.07, 6.45) is 2.88. The second kappa shape index (κ2) is 5.61. The fourth-order valence-corrected chi connectivity index (χ4v) is 2.41. The first kappa shape index (κ1) is 13.7. The fourth-order valence-electron chi connectivity index (χ4n) is 2.41. The lowest BCUT2D eigenvalue weighted by molar-refractivity contribution is 0.617. The van der Waals surface area contributed by atoms with Gasteiger partial charge in [-0.05, 0) is 55.8 Å². The number of aromatic nitrogens is 2. The molecule has 0 bridgehead atoms. The zero-order chi connectivity index (χ0) is 14.8. The quantitative estimate of drug-likeness (QED) is 0.801. The molecule has 108 valence electrons. The Labute approximate surface area is 121 Å². The SMILES string of the molecule is NCCCc1c(-c2ccc(F)cc2)nc2ccc(F)cn12. The molecule has 2 aromatic heterocycles. The predicted octanol–water partition coefficient (Wildman–Crippen LogP) is 3.17. The van der Waals surface area contributed by atoms with Crippen molar-refractivity contribution < 1.29 is 8.78 Å². The van der Waals surface area contributed by atoms with E-state index >= 15 is 0 Å². The molecule has 1 aromatic carbocycles. The highest BCUT2D eigenvalue weighted by Gasteiger charge is 2.14. The van der Waals surface area contributed by atoms with Gasteiger partial charge in [-0.25, -0.2) is 13.8 Å². The standard InChI is InChI=1S/C16H15F2N3/c17-12-5-3-11(4-6-12)16-14(2-1-9-19)21-10-13(18)7-8-15(21)20-16/h3-8,10H,1-2,9,19H2. The van der Waals surface area contributed by atoms with Crippen molar-refractivity contribution >= 4 is 5.65 Å². The molecule has 0 saturated heterocycles. The Hall–Kier alpha value is -2.27. The van der Waals surface area contributed by atoms with Gasteiger partial charge in [-0.1, -0.05) is 0 Å².